The molecule has 0 bridgehead atoms. The number of anilines is 1. The van der Waals surface area contributed by atoms with Crippen LogP contribution in [0.25, 0.3) is 0 Å². The second kappa shape index (κ2) is 13.0. The van der Waals surface area contributed by atoms with Crippen LogP contribution in [0.5, 0.6) is 11.5 Å². The smallest absolute Gasteiger partial charge is 0.410 e. The highest BCUT2D eigenvalue weighted by Crippen LogP contribution is 2.30. The number of rotatable bonds is 11. The van der Waals surface area contributed by atoms with Crippen molar-refractivity contribution in [3.8, 4) is 11.5 Å². The van der Waals surface area contributed by atoms with Gasteiger partial charge in [-0.3, -0.25) is 0 Å². The summed E-state index contributed by atoms with van der Waals surface area (Å²) in [5.41, 5.74) is 1.43. The second-order valence-electron chi connectivity index (χ2n) is 8.93. The third-order valence-corrected chi connectivity index (χ3v) is 5.05. The second-order valence-corrected chi connectivity index (χ2v) is 9.34. The van der Waals surface area contributed by atoms with Crippen molar-refractivity contribution < 1.29 is 19.0 Å². The predicted molar refractivity (Wildman–Crippen MR) is 138 cm³/mol. The summed E-state index contributed by atoms with van der Waals surface area (Å²) in [6.45, 7) is 10.2. The summed E-state index contributed by atoms with van der Waals surface area (Å²) in [5, 5.41) is 6.93. The van der Waals surface area contributed by atoms with Crippen LogP contribution < -0.4 is 20.1 Å². The number of nitrogens with zero attached hydrogens (tertiary/aromatic N) is 3. The molecule has 0 fully saturated rings. The molecule has 9 nitrogen and oxygen atoms in total. The van der Waals surface area contributed by atoms with Crippen molar-refractivity contribution in [2.24, 2.45) is 0 Å². The first-order chi connectivity index (χ1) is 16.1. The highest BCUT2D eigenvalue weighted by molar-refractivity contribution is 7.80. The molecule has 2 N–H and O–H groups in total. The van der Waals surface area contributed by atoms with E-state index in [0.29, 0.717) is 36.2 Å². The number of hydrogen-bond acceptors (Lipinski definition) is 6. The van der Waals surface area contributed by atoms with Gasteiger partial charge in [-0.2, -0.15) is 0 Å². The van der Waals surface area contributed by atoms with Crippen molar-refractivity contribution in [1.82, 2.24) is 19.8 Å². The minimum Gasteiger partial charge on any atom is -0.493 e. The zero-order chi connectivity index (χ0) is 25.1. The number of imidazole rings is 1. The number of benzene rings is 1. The van der Waals surface area contributed by atoms with Gasteiger partial charge in [0, 0.05) is 50.3 Å². The molecule has 2 aromatic rings. The van der Waals surface area contributed by atoms with E-state index in [2.05, 4.69) is 20.2 Å². The minimum atomic E-state index is -0.511. The number of carbonyl (C=O) groups is 1. The third-order valence-electron chi connectivity index (χ3n) is 4.80. The zero-order valence-electron chi connectivity index (χ0n) is 21.0. The summed E-state index contributed by atoms with van der Waals surface area (Å²) in [6.07, 6.45) is 4.93. The van der Waals surface area contributed by atoms with E-state index >= 15 is 0 Å². The Morgan fingerprint density at radius 1 is 1.24 bits per heavy atom. The molecule has 0 atom stereocenters. The molecular weight excluding hydrogens is 454 g/mol. The van der Waals surface area contributed by atoms with Gasteiger partial charge < -0.3 is 34.3 Å². The van der Waals surface area contributed by atoms with Gasteiger partial charge in [-0.05, 0) is 64.9 Å². The van der Waals surface area contributed by atoms with E-state index in [1.54, 1.807) is 19.1 Å². The monoisotopic (exact) mass is 491 g/mol. The molecule has 0 saturated heterocycles. The molecule has 0 aliphatic carbocycles. The van der Waals surface area contributed by atoms with E-state index in [0.717, 1.165) is 30.9 Å². The van der Waals surface area contributed by atoms with Crippen LogP contribution in [-0.4, -0.2) is 65.1 Å². The Labute approximate surface area is 207 Å². The Morgan fingerprint density at radius 3 is 2.65 bits per heavy atom. The highest BCUT2D eigenvalue weighted by atomic mass is 32.1. The molecule has 10 heteroatoms. The molecule has 0 spiro atoms. The van der Waals surface area contributed by atoms with Gasteiger partial charge in [0.2, 0.25) is 0 Å². The molecule has 1 heterocycles. The molecule has 0 saturated carbocycles. The number of aromatic nitrogens is 2. The first-order valence-electron chi connectivity index (χ1n) is 11.4. The summed E-state index contributed by atoms with van der Waals surface area (Å²) in [4.78, 5) is 17.7. The van der Waals surface area contributed by atoms with Crippen LogP contribution >= 0.6 is 12.2 Å². The van der Waals surface area contributed by atoms with E-state index in [9.17, 15) is 4.79 Å². The van der Waals surface area contributed by atoms with Gasteiger partial charge in [-0.25, -0.2) is 9.78 Å². The van der Waals surface area contributed by atoms with Crippen LogP contribution in [0.3, 0.4) is 0 Å². The van der Waals surface area contributed by atoms with E-state index in [1.165, 1.54) is 0 Å². The Kier molecular flexibility index (Phi) is 10.4. The van der Waals surface area contributed by atoms with Crippen LogP contribution in [0.2, 0.25) is 0 Å². The lowest BCUT2D eigenvalue weighted by Gasteiger charge is -2.24. The molecule has 2 rings (SSSR count). The number of methoxy groups -OCH3 is 1. The maximum Gasteiger partial charge on any atom is 0.410 e. The predicted octanol–water partition coefficient (Wildman–Crippen LogP) is 4.21. The van der Waals surface area contributed by atoms with E-state index in [4.69, 9.17) is 26.4 Å². The summed E-state index contributed by atoms with van der Waals surface area (Å²) in [5.74, 6) is 1.23. The maximum absolute atomic E-state index is 12.0. The van der Waals surface area contributed by atoms with Gasteiger partial charge in [0.1, 0.15) is 5.60 Å². The molecular formula is C24H37N5O4S. The van der Waals surface area contributed by atoms with Crippen LogP contribution in [0.15, 0.2) is 30.7 Å². The first kappa shape index (κ1) is 27.2. The molecule has 0 aliphatic rings. The van der Waals surface area contributed by atoms with E-state index < -0.39 is 5.60 Å². The molecule has 34 heavy (non-hydrogen) atoms. The first-order valence-corrected chi connectivity index (χ1v) is 11.8. The molecule has 188 valence electrons. The number of hydrogen-bond donors (Lipinski definition) is 2. The number of thiocarbonyl (C=S) groups is 1. The van der Waals surface area contributed by atoms with Crippen molar-refractivity contribution >= 4 is 29.1 Å². The summed E-state index contributed by atoms with van der Waals surface area (Å²) < 4.78 is 18.8. The van der Waals surface area contributed by atoms with Crippen molar-refractivity contribution in [2.45, 2.75) is 52.7 Å². The molecule has 0 unspecified atom stereocenters. The van der Waals surface area contributed by atoms with Gasteiger partial charge in [-0.1, -0.05) is 0 Å². The molecule has 0 radical (unpaired) electrons. The normalized spacial score (nSPS) is 11.0. The Balaban J connectivity index is 1.74. The van der Waals surface area contributed by atoms with Gasteiger partial charge in [-0.15, -0.1) is 0 Å². The number of ether oxygens (including phenoxy) is 3. The van der Waals surface area contributed by atoms with Gasteiger partial charge >= 0.3 is 6.09 Å². The van der Waals surface area contributed by atoms with Gasteiger partial charge in [0.05, 0.1) is 20.0 Å². The fourth-order valence-corrected chi connectivity index (χ4v) is 3.25. The van der Waals surface area contributed by atoms with Crippen molar-refractivity contribution in [3.63, 3.8) is 0 Å². The Hall–Kier alpha value is -3.01. The quantitative estimate of drug-likeness (QED) is 0.357. The lowest BCUT2D eigenvalue weighted by atomic mass is 10.2. The molecule has 1 aromatic carbocycles. The van der Waals surface area contributed by atoms with Crippen LogP contribution in [0.1, 0.15) is 39.3 Å². The van der Waals surface area contributed by atoms with Crippen LogP contribution in [-0.2, 0) is 11.3 Å². The summed E-state index contributed by atoms with van der Waals surface area (Å²) in [7, 11) is 3.31. The van der Waals surface area contributed by atoms with Crippen molar-refractivity contribution in [1.29, 1.82) is 0 Å². The lowest BCUT2D eigenvalue weighted by Crippen LogP contribution is -2.35. The Bertz CT molecular complexity index is 942. The number of nitrogens with one attached hydrogen (secondary N) is 2. The fraction of sp³-hybridized carbons (Fsp3) is 0.542. The van der Waals surface area contributed by atoms with Crippen LogP contribution in [0, 0.1) is 6.92 Å². The molecule has 1 amide bonds. The largest absolute Gasteiger partial charge is 0.493 e. The third kappa shape index (κ3) is 9.46. The number of aryl methyl sites for hydroxylation is 2. The highest BCUT2D eigenvalue weighted by Gasteiger charge is 2.19. The van der Waals surface area contributed by atoms with Gasteiger partial charge in [0.25, 0.3) is 0 Å². The summed E-state index contributed by atoms with van der Waals surface area (Å²) in [6, 6.07) is 5.56. The minimum absolute atomic E-state index is 0.345. The Morgan fingerprint density at radius 2 is 2.00 bits per heavy atom. The maximum atomic E-state index is 12.0. The average Bonchev–Trinajstić information content (AvgIpc) is 3.18. The van der Waals surface area contributed by atoms with Crippen LogP contribution in [0.4, 0.5) is 10.5 Å². The van der Waals surface area contributed by atoms with Crippen molar-refractivity contribution in [2.75, 3.05) is 39.2 Å². The molecule has 0 aliphatic heterocycles. The number of carbonyl (C=O) groups excluding carboxylic acids is 1. The lowest BCUT2D eigenvalue weighted by molar-refractivity contribution is 0.0292. The zero-order valence-corrected chi connectivity index (χ0v) is 21.8. The average molecular weight is 492 g/mol. The van der Waals surface area contributed by atoms with E-state index in [1.807, 2.05) is 58.4 Å². The standard InChI is InChI=1S/C24H37N5O4S/c1-18-16-25-17-29(18)13-7-11-26-22(34)27-19-9-10-20(21(15-19)31-6)32-14-8-12-28(5)23(30)33-24(2,3)4/h9-10,15-17H,7-8,11-14H2,1-6H3,(H2,26,27,34). The molecule has 1 aromatic heterocycles. The van der Waals surface area contributed by atoms with Gasteiger partial charge in [0.15, 0.2) is 16.6 Å². The fourth-order valence-electron chi connectivity index (χ4n) is 3.03. The summed E-state index contributed by atoms with van der Waals surface area (Å²) >= 11 is 5.40. The number of amides is 1. The topological polar surface area (TPSA) is 89.9 Å². The van der Waals surface area contributed by atoms with Crippen molar-refractivity contribution in [3.05, 3.63) is 36.4 Å². The van der Waals surface area contributed by atoms with E-state index in [-0.39, 0.29) is 6.09 Å². The SMILES string of the molecule is COc1cc(NC(=S)NCCCn2cncc2C)ccc1OCCCN(C)C(=O)OC(C)(C)C.